The number of nitrogens with zero attached hydrogens (tertiary/aromatic N) is 5. The normalized spacial score (nSPS) is 13.0. The largest absolute Gasteiger partial charge is 0.494 e. The van der Waals surface area contributed by atoms with Crippen LogP contribution in [0.3, 0.4) is 0 Å². The molecule has 2 aromatic heterocycles. The number of hydrogen-bond acceptors (Lipinski definition) is 6. The molecule has 0 saturated carbocycles. The lowest BCUT2D eigenvalue weighted by Gasteiger charge is -2.21. The lowest BCUT2D eigenvalue weighted by Crippen LogP contribution is -2.16. The zero-order valence-corrected chi connectivity index (χ0v) is 15.8. The van der Waals surface area contributed by atoms with E-state index in [-0.39, 0.29) is 5.82 Å². The van der Waals surface area contributed by atoms with E-state index < -0.39 is 0 Å². The second kappa shape index (κ2) is 7.09. The van der Waals surface area contributed by atoms with Crippen LogP contribution < -0.4 is 9.64 Å². The Morgan fingerprint density at radius 3 is 2.86 bits per heavy atom. The third-order valence-electron chi connectivity index (χ3n) is 4.94. The van der Waals surface area contributed by atoms with Gasteiger partial charge in [0.25, 0.3) is 0 Å². The van der Waals surface area contributed by atoms with Crippen LogP contribution in [0.15, 0.2) is 55.0 Å². The van der Waals surface area contributed by atoms with E-state index in [0.717, 1.165) is 40.1 Å². The molecule has 144 valence electrons. The summed E-state index contributed by atoms with van der Waals surface area (Å²) < 4.78 is 19.4. The van der Waals surface area contributed by atoms with E-state index in [4.69, 9.17) is 14.7 Å². The molecule has 7 heteroatoms. The zero-order chi connectivity index (χ0) is 19.8. The minimum absolute atomic E-state index is 0.225. The van der Waals surface area contributed by atoms with Crippen LogP contribution in [-0.2, 0) is 6.42 Å². The molecule has 0 bridgehead atoms. The summed E-state index contributed by atoms with van der Waals surface area (Å²) in [7, 11) is 0. The van der Waals surface area contributed by atoms with Gasteiger partial charge in [-0.2, -0.15) is 0 Å². The average Bonchev–Trinajstić information content (AvgIpc) is 3.16. The van der Waals surface area contributed by atoms with Crippen molar-refractivity contribution in [2.45, 2.75) is 13.3 Å². The number of benzene rings is 2. The molecular weight excluding hydrogens is 369 g/mol. The molecule has 2 aromatic carbocycles. The Balaban J connectivity index is 1.73. The SMILES string of the molecule is CCOc1ccc2nc(-c3cnccn3)nc(N3CCc4cc(F)ccc43)c2c1. The van der Waals surface area contributed by atoms with Crippen LogP contribution in [-0.4, -0.2) is 33.1 Å². The monoisotopic (exact) mass is 387 g/mol. The van der Waals surface area contributed by atoms with Gasteiger partial charge < -0.3 is 9.64 Å². The van der Waals surface area contributed by atoms with E-state index in [2.05, 4.69) is 14.9 Å². The Kier molecular flexibility index (Phi) is 4.27. The van der Waals surface area contributed by atoms with Gasteiger partial charge >= 0.3 is 0 Å². The van der Waals surface area contributed by atoms with E-state index in [0.29, 0.717) is 24.7 Å². The molecule has 0 amide bonds. The van der Waals surface area contributed by atoms with Gasteiger partial charge in [0.05, 0.1) is 18.3 Å². The number of fused-ring (bicyclic) bond motifs is 2. The third kappa shape index (κ3) is 3.14. The van der Waals surface area contributed by atoms with Gasteiger partial charge in [-0.3, -0.25) is 4.98 Å². The lowest BCUT2D eigenvalue weighted by atomic mass is 10.1. The van der Waals surface area contributed by atoms with Gasteiger partial charge in [-0.05, 0) is 55.3 Å². The standard InChI is InChI=1S/C22H18FN5O/c1-2-29-16-4-5-18-17(12-16)22(27-21(26-18)19-13-24-8-9-25-19)28-10-7-14-11-15(23)3-6-20(14)28/h3-6,8-9,11-13H,2,7,10H2,1H3. The van der Waals surface area contributed by atoms with E-state index in [1.807, 2.05) is 25.1 Å². The minimum atomic E-state index is -0.225. The van der Waals surface area contributed by atoms with Gasteiger partial charge in [-0.1, -0.05) is 0 Å². The van der Waals surface area contributed by atoms with Crippen molar-refractivity contribution in [3.8, 4) is 17.3 Å². The van der Waals surface area contributed by atoms with Crippen molar-refractivity contribution in [1.82, 2.24) is 19.9 Å². The van der Waals surface area contributed by atoms with Crippen LogP contribution in [0.2, 0.25) is 0 Å². The first kappa shape index (κ1) is 17.5. The fourth-order valence-electron chi connectivity index (χ4n) is 3.67. The predicted molar refractivity (Wildman–Crippen MR) is 109 cm³/mol. The molecule has 1 aliphatic rings. The Morgan fingerprint density at radius 2 is 2.03 bits per heavy atom. The van der Waals surface area contributed by atoms with Gasteiger partial charge in [-0.25, -0.2) is 19.3 Å². The van der Waals surface area contributed by atoms with Crippen LogP contribution in [0.1, 0.15) is 12.5 Å². The zero-order valence-electron chi connectivity index (χ0n) is 15.8. The third-order valence-corrected chi connectivity index (χ3v) is 4.94. The maximum atomic E-state index is 13.7. The number of aromatic nitrogens is 4. The number of halogens is 1. The summed E-state index contributed by atoms with van der Waals surface area (Å²) in [5.74, 6) is 1.79. The Bertz CT molecular complexity index is 1200. The fourth-order valence-corrected chi connectivity index (χ4v) is 3.67. The van der Waals surface area contributed by atoms with Crippen molar-refractivity contribution in [1.29, 1.82) is 0 Å². The molecule has 0 unspecified atom stereocenters. The van der Waals surface area contributed by atoms with E-state index >= 15 is 0 Å². The van der Waals surface area contributed by atoms with E-state index in [9.17, 15) is 4.39 Å². The summed E-state index contributed by atoms with van der Waals surface area (Å²) in [4.78, 5) is 20.1. The highest BCUT2D eigenvalue weighted by Gasteiger charge is 2.25. The van der Waals surface area contributed by atoms with Crippen molar-refractivity contribution >= 4 is 22.4 Å². The maximum Gasteiger partial charge on any atom is 0.182 e. The van der Waals surface area contributed by atoms with Gasteiger partial charge in [0.1, 0.15) is 23.1 Å². The topological polar surface area (TPSA) is 64.0 Å². The van der Waals surface area contributed by atoms with Gasteiger partial charge in [0, 0.05) is 30.0 Å². The van der Waals surface area contributed by atoms with Crippen LogP contribution in [0, 0.1) is 5.82 Å². The van der Waals surface area contributed by atoms with Crippen molar-refractivity contribution in [3.63, 3.8) is 0 Å². The fraction of sp³-hybridized carbons (Fsp3) is 0.182. The van der Waals surface area contributed by atoms with Crippen molar-refractivity contribution in [2.24, 2.45) is 0 Å². The van der Waals surface area contributed by atoms with Crippen LogP contribution in [0.25, 0.3) is 22.4 Å². The highest BCUT2D eigenvalue weighted by molar-refractivity contribution is 5.94. The molecule has 3 heterocycles. The Morgan fingerprint density at radius 1 is 1.10 bits per heavy atom. The van der Waals surface area contributed by atoms with Crippen molar-refractivity contribution in [2.75, 3.05) is 18.1 Å². The van der Waals surface area contributed by atoms with Crippen molar-refractivity contribution in [3.05, 3.63) is 66.4 Å². The second-order valence-electron chi connectivity index (χ2n) is 6.75. The molecule has 0 spiro atoms. The average molecular weight is 387 g/mol. The summed E-state index contributed by atoms with van der Waals surface area (Å²) in [6.45, 7) is 3.24. The molecule has 0 aliphatic carbocycles. The Labute approximate surface area is 167 Å². The molecule has 6 nitrogen and oxygen atoms in total. The van der Waals surface area contributed by atoms with E-state index in [1.54, 1.807) is 30.7 Å². The molecular formula is C22H18FN5O. The molecule has 0 atom stereocenters. The maximum absolute atomic E-state index is 13.7. The number of rotatable bonds is 4. The molecule has 0 saturated heterocycles. The highest BCUT2D eigenvalue weighted by Crippen LogP contribution is 2.38. The van der Waals surface area contributed by atoms with Crippen LogP contribution in [0.5, 0.6) is 5.75 Å². The first-order chi connectivity index (χ1) is 14.2. The van der Waals surface area contributed by atoms with Crippen molar-refractivity contribution < 1.29 is 9.13 Å². The summed E-state index contributed by atoms with van der Waals surface area (Å²) in [6, 6.07) is 10.7. The quantitative estimate of drug-likeness (QED) is 0.520. The van der Waals surface area contributed by atoms with Crippen LogP contribution in [0.4, 0.5) is 15.9 Å². The van der Waals surface area contributed by atoms with Gasteiger partial charge in [-0.15, -0.1) is 0 Å². The minimum Gasteiger partial charge on any atom is -0.494 e. The molecule has 1 aliphatic heterocycles. The molecule has 0 radical (unpaired) electrons. The Hall–Kier alpha value is -3.61. The van der Waals surface area contributed by atoms with Gasteiger partial charge in [0.2, 0.25) is 0 Å². The number of anilines is 2. The first-order valence-electron chi connectivity index (χ1n) is 9.50. The highest BCUT2D eigenvalue weighted by atomic mass is 19.1. The molecule has 4 aromatic rings. The van der Waals surface area contributed by atoms with Crippen LogP contribution >= 0.6 is 0 Å². The lowest BCUT2D eigenvalue weighted by molar-refractivity contribution is 0.340. The smallest absolute Gasteiger partial charge is 0.182 e. The molecule has 5 rings (SSSR count). The number of hydrogen-bond donors (Lipinski definition) is 0. The summed E-state index contributed by atoms with van der Waals surface area (Å²) >= 11 is 0. The summed E-state index contributed by atoms with van der Waals surface area (Å²) in [6.07, 6.45) is 5.64. The molecule has 0 fully saturated rings. The first-order valence-corrected chi connectivity index (χ1v) is 9.50. The molecule has 29 heavy (non-hydrogen) atoms. The van der Waals surface area contributed by atoms with E-state index in [1.165, 1.54) is 6.07 Å². The second-order valence-corrected chi connectivity index (χ2v) is 6.75. The summed E-state index contributed by atoms with van der Waals surface area (Å²) in [5.41, 5.74) is 3.31. The molecule has 0 N–H and O–H groups in total. The number of ether oxygens (including phenoxy) is 1. The van der Waals surface area contributed by atoms with Gasteiger partial charge in [0.15, 0.2) is 5.82 Å². The summed E-state index contributed by atoms with van der Waals surface area (Å²) in [5, 5.41) is 0.876. The predicted octanol–water partition coefficient (Wildman–Crippen LogP) is 4.32.